The monoisotopic (exact) mass is 338 g/mol. The molecule has 130 valence electrons. The van der Waals surface area contributed by atoms with Gasteiger partial charge in [-0.25, -0.2) is 14.2 Å². The van der Waals surface area contributed by atoms with Crippen LogP contribution in [0.25, 0.3) is 0 Å². The average Bonchev–Trinajstić information content (AvgIpc) is 2.58. The standard InChI is InChI=1S/C18H24FN3O2/c1-5-6-7-13-10-14(15(19)11-21-13)16-12-20-8-9-22(16)17(23)24-18(2,3)4/h10-11,16,20H,5,8-9,12H2,1-4H3/i1D3,5D2. The van der Waals surface area contributed by atoms with E-state index in [2.05, 4.69) is 16.2 Å². The van der Waals surface area contributed by atoms with Gasteiger partial charge < -0.3 is 10.1 Å². The summed E-state index contributed by atoms with van der Waals surface area (Å²) in [5.74, 6) is 3.75. The van der Waals surface area contributed by atoms with Gasteiger partial charge >= 0.3 is 6.09 Å². The molecule has 24 heavy (non-hydrogen) atoms. The molecule has 1 saturated heterocycles. The molecule has 0 aromatic carbocycles. The van der Waals surface area contributed by atoms with Crippen molar-refractivity contribution in [2.45, 2.75) is 45.6 Å². The molecule has 5 nitrogen and oxygen atoms in total. The Morgan fingerprint density at radius 2 is 2.46 bits per heavy atom. The molecule has 0 bridgehead atoms. The van der Waals surface area contributed by atoms with E-state index in [-0.39, 0.29) is 17.8 Å². The van der Waals surface area contributed by atoms with Gasteiger partial charge in [-0.1, -0.05) is 12.8 Å². The Morgan fingerprint density at radius 1 is 1.67 bits per heavy atom. The van der Waals surface area contributed by atoms with Crippen molar-refractivity contribution in [3.8, 4) is 11.8 Å². The van der Waals surface area contributed by atoms with Crippen LogP contribution in [0.2, 0.25) is 0 Å². The van der Waals surface area contributed by atoms with Gasteiger partial charge in [0.15, 0.2) is 0 Å². The molecule has 1 amide bonds. The molecule has 2 heterocycles. The van der Waals surface area contributed by atoms with Crippen molar-refractivity contribution in [3.63, 3.8) is 0 Å². The van der Waals surface area contributed by atoms with Gasteiger partial charge in [0, 0.05) is 38.4 Å². The van der Waals surface area contributed by atoms with E-state index in [4.69, 9.17) is 11.6 Å². The van der Waals surface area contributed by atoms with E-state index in [0.717, 1.165) is 6.20 Å². The Balaban J connectivity index is 2.36. The molecule has 1 atom stereocenters. The molecule has 1 aliphatic rings. The zero-order valence-corrected chi connectivity index (χ0v) is 13.9. The highest BCUT2D eigenvalue weighted by atomic mass is 19.1. The minimum absolute atomic E-state index is 0.00392. The summed E-state index contributed by atoms with van der Waals surface area (Å²) in [6.45, 7) is 3.40. The van der Waals surface area contributed by atoms with Crippen LogP contribution in [0.3, 0.4) is 0 Å². The number of nitrogens with one attached hydrogen (secondary N) is 1. The number of hydrogen-bond donors (Lipinski definition) is 1. The van der Waals surface area contributed by atoms with Crippen LogP contribution < -0.4 is 5.32 Å². The fraction of sp³-hybridized carbons (Fsp3) is 0.556. The second-order valence-electron chi connectivity index (χ2n) is 6.36. The zero-order chi connectivity index (χ0) is 22.0. The lowest BCUT2D eigenvalue weighted by atomic mass is 10.0. The number of pyridine rings is 1. The summed E-state index contributed by atoms with van der Waals surface area (Å²) in [4.78, 5) is 17.8. The van der Waals surface area contributed by atoms with Crippen molar-refractivity contribution < 1.29 is 20.8 Å². The van der Waals surface area contributed by atoms with Crippen molar-refractivity contribution in [2.24, 2.45) is 0 Å². The van der Waals surface area contributed by atoms with Gasteiger partial charge in [0.25, 0.3) is 0 Å². The number of amides is 1. The Bertz CT molecular complexity index is 828. The lowest BCUT2D eigenvalue weighted by molar-refractivity contribution is 0.0114. The maximum Gasteiger partial charge on any atom is 0.410 e. The quantitative estimate of drug-likeness (QED) is 0.800. The second kappa shape index (κ2) is 7.63. The van der Waals surface area contributed by atoms with Crippen LogP contribution in [-0.4, -0.2) is 41.2 Å². The van der Waals surface area contributed by atoms with E-state index in [9.17, 15) is 9.18 Å². The van der Waals surface area contributed by atoms with Crippen LogP contribution in [0, 0.1) is 17.7 Å². The van der Waals surface area contributed by atoms with Crippen LogP contribution in [0.15, 0.2) is 12.3 Å². The number of piperazine rings is 1. The number of carbonyl (C=O) groups is 1. The highest BCUT2D eigenvalue weighted by Crippen LogP contribution is 2.26. The van der Waals surface area contributed by atoms with Crippen LogP contribution in [0.4, 0.5) is 9.18 Å². The Hall–Kier alpha value is -2.13. The largest absolute Gasteiger partial charge is 0.444 e. The second-order valence-corrected chi connectivity index (χ2v) is 6.36. The van der Waals surface area contributed by atoms with E-state index in [1.54, 1.807) is 20.8 Å². The van der Waals surface area contributed by atoms with Crippen molar-refractivity contribution in [3.05, 3.63) is 29.3 Å². The third-order valence-corrected chi connectivity index (χ3v) is 3.37. The third-order valence-electron chi connectivity index (χ3n) is 3.37. The fourth-order valence-electron chi connectivity index (χ4n) is 2.39. The molecule has 1 aliphatic heterocycles. The van der Waals surface area contributed by atoms with Gasteiger partial charge in [-0.05, 0) is 32.8 Å². The maximum atomic E-state index is 14.5. The first-order valence-corrected chi connectivity index (χ1v) is 7.60. The Labute approximate surface area is 149 Å². The molecule has 2 rings (SSSR count). The zero-order valence-electron chi connectivity index (χ0n) is 18.9. The van der Waals surface area contributed by atoms with Gasteiger partial charge in [-0.3, -0.25) is 4.90 Å². The van der Waals surface area contributed by atoms with Gasteiger partial charge in [0.2, 0.25) is 0 Å². The summed E-state index contributed by atoms with van der Waals surface area (Å²) in [5, 5.41) is 3.10. The molecule has 1 unspecified atom stereocenters. The lowest BCUT2D eigenvalue weighted by Gasteiger charge is -2.37. The van der Waals surface area contributed by atoms with Gasteiger partial charge in [-0.15, -0.1) is 0 Å². The number of aromatic nitrogens is 1. The molecule has 6 heteroatoms. The molecular formula is C18H24FN3O2. The summed E-state index contributed by atoms with van der Waals surface area (Å²) < 4.78 is 56.6. The molecular weight excluding hydrogens is 309 g/mol. The molecule has 0 aliphatic carbocycles. The first-order valence-electron chi connectivity index (χ1n) is 10.1. The number of halogens is 1. The van der Waals surface area contributed by atoms with E-state index in [0.29, 0.717) is 13.1 Å². The van der Waals surface area contributed by atoms with Crippen LogP contribution >= 0.6 is 0 Å². The predicted octanol–water partition coefficient (Wildman–Crippen LogP) is 2.86. The minimum Gasteiger partial charge on any atom is -0.444 e. The number of carbonyl (C=O) groups excluding carboxylic acids is 1. The number of ether oxygens (including phenoxy) is 1. The first-order chi connectivity index (χ1) is 13.2. The van der Waals surface area contributed by atoms with Gasteiger partial charge in [0.1, 0.15) is 17.1 Å². The Morgan fingerprint density at radius 3 is 3.17 bits per heavy atom. The third kappa shape index (κ3) is 4.68. The smallest absolute Gasteiger partial charge is 0.410 e. The van der Waals surface area contributed by atoms with Crippen molar-refractivity contribution >= 4 is 6.09 Å². The molecule has 0 radical (unpaired) electrons. The summed E-state index contributed by atoms with van der Waals surface area (Å²) in [6, 6.07) is 0.619. The van der Waals surface area contributed by atoms with Crippen molar-refractivity contribution in [2.75, 3.05) is 19.6 Å². The topological polar surface area (TPSA) is 54.5 Å². The summed E-state index contributed by atoms with van der Waals surface area (Å²) >= 11 is 0. The van der Waals surface area contributed by atoms with Gasteiger partial charge in [0.05, 0.1) is 12.2 Å². The van der Waals surface area contributed by atoms with E-state index >= 15 is 0 Å². The fourth-order valence-corrected chi connectivity index (χ4v) is 2.39. The van der Waals surface area contributed by atoms with Crippen LogP contribution in [0.1, 0.15) is 58.1 Å². The summed E-state index contributed by atoms with van der Waals surface area (Å²) in [7, 11) is 0. The van der Waals surface area contributed by atoms with Crippen LogP contribution in [-0.2, 0) is 4.74 Å². The van der Waals surface area contributed by atoms with Gasteiger partial charge in [-0.2, -0.15) is 0 Å². The van der Waals surface area contributed by atoms with Crippen molar-refractivity contribution in [1.29, 1.82) is 0 Å². The first kappa shape index (κ1) is 12.3. The van der Waals surface area contributed by atoms with E-state index in [1.165, 1.54) is 11.0 Å². The normalized spacial score (nSPS) is 22.1. The molecule has 1 fully saturated rings. The molecule has 1 N–H and O–H groups in total. The highest BCUT2D eigenvalue weighted by molar-refractivity contribution is 5.69. The summed E-state index contributed by atoms with van der Waals surface area (Å²) in [5.41, 5.74) is -0.568. The predicted molar refractivity (Wildman–Crippen MR) is 89.9 cm³/mol. The lowest BCUT2D eigenvalue weighted by Crippen LogP contribution is -2.50. The van der Waals surface area contributed by atoms with Crippen LogP contribution in [0.5, 0.6) is 0 Å². The number of nitrogens with zero attached hydrogens (tertiary/aromatic N) is 2. The Kier molecular flexibility index (Phi) is 3.90. The SMILES string of the molecule is [2H]C([2H])([2H])C([2H])([2H])C#Cc1cc(C2CNCCN2C(=O)OC(C)(C)C)c(F)cn1. The molecule has 1 aromatic rings. The summed E-state index contributed by atoms with van der Waals surface area (Å²) in [6.07, 6.45) is -2.39. The highest BCUT2D eigenvalue weighted by Gasteiger charge is 2.33. The van der Waals surface area contributed by atoms with Crippen molar-refractivity contribution in [1.82, 2.24) is 15.2 Å². The number of rotatable bonds is 1. The van der Waals surface area contributed by atoms with E-state index in [1.807, 2.05) is 5.92 Å². The molecule has 0 spiro atoms. The molecule has 0 saturated carbocycles. The molecule has 1 aromatic heterocycles. The average molecular weight is 338 g/mol. The van der Waals surface area contributed by atoms with E-state index < -0.39 is 36.8 Å². The minimum atomic E-state index is -2.93. The number of hydrogen-bond acceptors (Lipinski definition) is 4. The maximum absolute atomic E-state index is 14.5.